The van der Waals surface area contributed by atoms with E-state index in [1.165, 1.54) is 0 Å². The lowest BCUT2D eigenvalue weighted by Gasteiger charge is -2.33. The third-order valence-corrected chi connectivity index (χ3v) is 3.79. The fourth-order valence-electron chi connectivity index (χ4n) is 2.37. The fraction of sp³-hybridized carbons (Fsp3) is 0.818. The maximum absolute atomic E-state index is 6.14. The van der Waals surface area contributed by atoms with Crippen LogP contribution in [0.4, 0.5) is 0 Å². The molecule has 0 spiro atoms. The SMILES string of the molecule is CC1(c2noc(C3(N)CCC3)n2)CCCO1. The van der Waals surface area contributed by atoms with Gasteiger partial charge in [0, 0.05) is 6.61 Å². The number of hydrogen-bond donors (Lipinski definition) is 1. The van der Waals surface area contributed by atoms with Crippen molar-refractivity contribution in [2.24, 2.45) is 5.73 Å². The van der Waals surface area contributed by atoms with Crippen LogP contribution in [0.3, 0.4) is 0 Å². The number of ether oxygens (including phenoxy) is 1. The third kappa shape index (κ3) is 1.38. The molecule has 1 aliphatic heterocycles. The van der Waals surface area contributed by atoms with Crippen LogP contribution in [0.25, 0.3) is 0 Å². The molecule has 1 aromatic heterocycles. The van der Waals surface area contributed by atoms with Gasteiger partial charge in [0.05, 0.1) is 5.54 Å². The lowest BCUT2D eigenvalue weighted by atomic mass is 9.77. The van der Waals surface area contributed by atoms with Crippen molar-refractivity contribution in [1.82, 2.24) is 10.1 Å². The van der Waals surface area contributed by atoms with Gasteiger partial charge in [0.1, 0.15) is 5.60 Å². The molecule has 16 heavy (non-hydrogen) atoms. The molecule has 0 amide bonds. The topological polar surface area (TPSA) is 74.2 Å². The predicted molar refractivity (Wildman–Crippen MR) is 56.6 cm³/mol. The maximum atomic E-state index is 6.14. The van der Waals surface area contributed by atoms with Gasteiger partial charge in [-0.15, -0.1) is 0 Å². The van der Waals surface area contributed by atoms with Gasteiger partial charge in [-0.1, -0.05) is 5.16 Å². The summed E-state index contributed by atoms with van der Waals surface area (Å²) in [5, 5.41) is 4.03. The first-order chi connectivity index (χ1) is 7.62. The lowest BCUT2D eigenvalue weighted by Crippen LogP contribution is -2.43. The highest BCUT2D eigenvalue weighted by molar-refractivity contribution is 5.10. The van der Waals surface area contributed by atoms with E-state index in [-0.39, 0.29) is 11.1 Å². The molecule has 0 aromatic carbocycles. The minimum absolute atomic E-state index is 0.373. The maximum Gasteiger partial charge on any atom is 0.246 e. The molecule has 3 rings (SSSR count). The van der Waals surface area contributed by atoms with E-state index in [1.54, 1.807) is 0 Å². The minimum atomic E-state index is -0.375. The molecule has 2 N–H and O–H groups in total. The minimum Gasteiger partial charge on any atom is -0.367 e. The first-order valence-electron chi connectivity index (χ1n) is 5.90. The average molecular weight is 223 g/mol. The van der Waals surface area contributed by atoms with Gasteiger partial charge in [-0.05, 0) is 39.0 Å². The van der Waals surface area contributed by atoms with E-state index in [9.17, 15) is 0 Å². The molecule has 1 saturated carbocycles. The molecule has 1 aromatic rings. The zero-order valence-electron chi connectivity index (χ0n) is 9.53. The lowest BCUT2D eigenvalue weighted by molar-refractivity contribution is 0.00767. The largest absolute Gasteiger partial charge is 0.367 e. The number of nitrogens with zero attached hydrogens (tertiary/aromatic N) is 2. The van der Waals surface area contributed by atoms with E-state index in [2.05, 4.69) is 10.1 Å². The highest BCUT2D eigenvalue weighted by atomic mass is 16.5. The summed E-state index contributed by atoms with van der Waals surface area (Å²) in [6.45, 7) is 2.78. The number of nitrogens with two attached hydrogens (primary N) is 1. The second-order valence-corrected chi connectivity index (χ2v) is 5.12. The second-order valence-electron chi connectivity index (χ2n) is 5.12. The average Bonchev–Trinajstić information content (AvgIpc) is 2.83. The van der Waals surface area contributed by atoms with Crippen LogP contribution < -0.4 is 5.73 Å². The Morgan fingerprint density at radius 3 is 2.62 bits per heavy atom. The molecule has 1 aliphatic carbocycles. The summed E-state index contributed by atoms with van der Waals surface area (Å²) in [7, 11) is 0. The van der Waals surface area contributed by atoms with Crippen LogP contribution >= 0.6 is 0 Å². The van der Waals surface area contributed by atoms with Crippen molar-refractivity contribution in [2.45, 2.75) is 50.2 Å². The van der Waals surface area contributed by atoms with Gasteiger partial charge in [-0.2, -0.15) is 4.98 Å². The molecule has 5 heteroatoms. The van der Waals surface area contributed by atoms with Crippen LogP contribution in [-0.2, 0) is 15.9 Å². The third-order valence-electron chi connectivity index (χ3n) is 3.79. The molecule has 1 atom stereocenters. The van der Waals surface area contributed by atoms with Crippen molar-refractivity contribution in [3.8, 4) is 0 Å². The van der Waals surface area contributed by atoms with E-state index in [4.69, 9.17) is 15.0 Å². The smallest absolute Gasteiger partial charge is 0.246 e. The summed E-state index contributed by atoms with van der Waals surface area (Å²) < 4.78 is 11.0. The summed E-state index contributed by atoms with van der Waals surface area (Å²) in [6.07, 6.45) is 5.01. The Labute approximate surface area is 94.3 Å². The second kappa shape index (κ2) is 3.28. The standard InChI is InChI=1S/C11H17N3O2/c1-10(4-3-7-15-10)8-13-9(16-14-8)11(12)5-2-6-11/h2-7,12H2,1H3. The Balaban J connectivity index is 1.87. The van der Waals surface area contributed by atoms with Crippen molar-refractivity contribution >= 4 is 0 Å². The molecule has 0 radical (unpaired) electrons. The Morgan fingerprint density at radius 1 is 1.25 bits per heavy atom. The molecule has 2 aliphatic rings. The van der Waals surface area contributed by atoms with Crippen LogP contribution in [0.15, 0.2) is 4.52 Å². The molecular formula is C11H17N3O2. The predicted octanol–water partition coefficient (Wildman–Crippen LogP) is 1.43. The summed E-state index contributed by atoms with van der Waals surface area (Å²) in [5.74, 6) is 1.22. The van der Waals surface area contributed by atoms with Crippen LogP contribution in [0.5, 0.6) is 0 Å². The first kappa shape index (κ1) is 10.2. The van der Waals surface area contributed by atoms with E-state index in [0.717, 1.165) is 38.7 Å². The van der Waals surface area contributed by atoms with E-state index < -0.39 is 0 Å². The fourth-order valence-corrected chi connectivity index (χ4v) is 2.37. The monoisotopic (exact) mass is 223 g/mol. The number of aromatic nitrogens is 2. The quantitative estimate of drug-likeness (QED) is 0.821. The van der Waals surface area contributed by atoms with Gasteiger partial charge in [0.15, 0.2) is 0 Å². The van der Waals surface area contributed by atoms with Crippen LogP contribution in [0.1, 0.15) is 50.7 Å². The van der Waals surface area contributed by atoms with Crippen LogP contribution in [-0.4, -0.2) is 16.7 Å². The van der Waals surface area contributed by atoms with Crippen molar-refractivity contribution in [3.05, 3.63) is 11.7 Å². The van der Waals surface area contributed by atoms with Gasteiger partial charge in [0.25, 0.3) is 0 Å². The van der Waals surface area contributed by atoms with E-state index in [1.807, 2.05) is 6.92 Å². The molecule has 1 unspecified atom stereocenters. The van der Waals surface area contributed by atoms with Crippen LogP contribution in [0, 0.1) is 0 Å². The Hall–Kier alpha value is -0.940. The van der Waals surface area contributed by atoms with Crippen LogP contribution in [0.2, 0.25) is 0 Å². The Morgan fingerprint density at radius 2 is 2.06 bits per heavy atom. The zero-order chi connectivity index (χ0) is 11.2. The molecule has 88 valence electrons. The van der Waals surface area contributed by atoms with Crippen molar-refractivity contribution in [2.75, 3.05) is 6.61 Å². The molecule has 1 saturated heterocycles. The molecule has 0 bridgehead atoms. The van der Waals surface area contributed by atoms with Gasteiger partial charge in [-0.25, -0.2) is 0 Å². The van der Waals surface area contributed by atoms with Gasteiger partial charge in [0.2, 0.25) is 11.7 Å². The van der Waals surface area contributed by atoms with Crippen molar-refractivity contribution in [3.63, 3.8) is 0 Å². The van der Waals surface area contributed by atoms with E-state index in [0.29, 0.717) is 11.7 Å². The van der Waals surface area contributed by atoms with Crippen molar-refractivity contribution in [1.29, 1.82) is 0 Å². The summed E-state index contributed by atoms with van der Waals surface area (Å²) in [6, 6.07) is 0. The molecule has 5 nitrogen and oxygen atoms in total. The van der Waals surface area contributed by atoms with Crippen molar-refractivity contribution < 1.29 is 9.26 Å². The number of hydrogen-bond acceptors (Lipinski definition) is 5. The summed E-state index contributed by atoms with van der Waals surface area (Å²) >= 11 is 0. The van der Waals surface area contributed by atoms with E-state index >= 15 is 0 Å². The van der Waals surface area contributed by atoms with Gasteiger partial charge in [-0.3, -0.25) is 0 Å². The summed E-state index contributed by atoms with van der Waals surface area (Å²) in [4.78, 5) is 4.43. The normalized spacial score (nSPS) is 32.6. The van der Waals surface area contributed by atoms with Gasteiger partial charge >= 0.3 is 0 Å². The van der Waals surface area contributed by atoms with Gasteiger partial charge < -0.3 is 15.0 Å². The molecular weight excluding hydrogens is 206 g/mol. The molecule has 2 heterocycles. The highest BCUT2D eigenvalue weighted by Crippen LogP contribution is 2.40. The Bertz CT molecular complexity index is 392. The summed E-state index contributed by atoms with van der Waals surface area (Å²) in [5.41, 5.74) is 5.39. The Kier molecular flexibility index (Phi) is 2.09. The highest BCUT2D eigenvalue weighted by Gasteiger charge is 2.43. The first-order valence-corrected chi connectivity index (χ1v) is 5.90. The zero-order valence-corrected chi connectivity index (χ0v) is 9.53. The molecule has 2 fully saturated rings. The number of rotatable bonds is 2.